The topological polar surface area (TPSA) is 60.5 Å². The molecule has 1 fully saturated rings. The minimum Gasteiger partial charge on any atom is -0.486 e. The highest BCUT2D eigenvalue weighted by Crippen LogP contribution is 2.18. The molecule has 116 valence electrons. The summed E-state index contributed by atoms with van der Waals surface area (Å²) in [4.78, 5) is 16.4. The van der Waals surface area contributed by atoms with Crippen LogP contribution >= 0.6 is 11.3 Å². The van der Waals surface area contributed by atoms with Gasteiger partial charge in [0.1, 0.15) is 11.9 Å². The van der Waals surface area contributed by atoms with Gasteiger partial charge in [-0.05, 0) is 30.5 Å². The summed E-state index contributed by atoms with van der Waals surface area (Å²) in [5.41, 5.74) is 1.62. The Hall–Kier alpha value is -1.92. The molecule has 0 unspecified atom stereocenters. The second-order valence-corrected chi connectivity index (χ2v) is 6.03. The van der Waals surface area contributed by atoms with E-state index in [9.17, 15) is 4.79 Å². The third-order valence-electron chi connectivity index (χ3n) is 3.56. The van der Waals surface area contributed by atoms with Crippen LogP contribution in [0.1, 0.15) is 22.5 Å². The van der Waals surface area contributed by atoms with Crippen molar-refractivity contribution in [3.8, 4) is 5.75 Å². The van der Waals surface area contributed by atoms with Gasteiger partial charge in [0, 0.05) is 23.1 Å². The Kier molecular flexibility index (Phi) is 4.70. The summed E-state index contributed by atoms with van der Waals surface area (Å²) in [5, 5.41) is 6.72. The summed E-state index contributed by atoms with van der Waals surface area (Å²) < 4.78 is 11.5. The van der Waals surface area contributed by atoms with Crippen molar-refractivity contribution >= 4 is 17.2 Å². The predicted molar refractivity (Wildman–Crippen MR) is 84.4 cm³/mol. The van der Waals surface area contributed by atoms with Crippen LogP contribution in [0.2, 0.25) is 0 Å². The molecule has 2 atom stereocenters. The third-order valence-corrected chi connectivity index (χ3v) is 4.25. The number of amides is 1. The molecular weight excluding hydrogens is 300 g/mol. The van der Waals surface area contributed by atoms with Crippen molar-refractivity contribution in [2.75, 3.05) is 13.2 Å². The fourth-order valence-electron chi connectivity index (χ4n) is 2.34. The normalized spacial score (nSPS) is 21.3. The number of ether oxygens (including phenoxy) is 2. The molecule has 0 spiro atoms. The van der Waals surface area contributed by atoms with E-state index in [1.54, 1.807) is 6.20 Å². The van der Waals surface area contributed by atoms with Gasteiger partial charge in [0.15, 0.2) is 0 Å². The van der Waals surface area contributed by atoms with Crippen LogP contribution in [0.3, 0.4) is 0 Å². The lowest BCUT2D eigenvalue weighted by molar-refractivity contribution is -0.00300. The monoisotopic (exact) mass is 318 g/mol. The molecule has 2 aromatic rings. The maximum Gasteiger partial charge on any atom is 0.252 e. The summed E-state index contributed by atoms with van der Waals surface area (Å²) in [6.45, 7) is 3.02. The molecule has 22 heavy (non-hydrogen) atoms. The van der Waals surface area contributed by atoms with Gasteiger partial charge < -0.3 is 14.8 Å². The lowest BCUT2D eigenvalue weighted by Gasteiger charge is -2.32. The molecule has 0 bridgehead atoms. The number of nitrogens with one attached hydrogen (secondary N) is 1. The number of nitrogens with zero attached hydrogens (tertiary/aromatic N) is 1. The van der Waals surface area contributed by atoms with Crippen LogP contribution in [-0.2, 0) is 4.74 Å². The van der Waals surface area contributed by atoms with Gasteiger partial charge in [-0.2, -0.15) is 11.3 Å². The fraction of sp³-hybridized carbons (Fsp3) is 0.375. The molecule has 2 aromatic heterocycles. The second kappa shape index (κ2) is 6.89. The number of thiophene rings is 1. The molecule has 1 saturated heterocycles. The molecule has 0 saturated carbocycles. The lowest BCUT2D eigenvalue weighted by Crippen LogP contribution is -2.51. The molecule has 6 heteroatoms. The van der Waals surface area contributed by atoms with E-state index in [4.69, 9.17) is 9.47 Å². The van der Waals surface area contributed by atoms with Crippen LogP contribution in [0, 0.1) is 6.92 Å². The number of hydrogen-bond acceptors (Lipinski definition) is 5. The summed E-state index contributed by atoms with van der Waals surface area (Å²) in [6, 6.07) is 5.45. The Morgan fingerprint density at radius 3 is 3.09 bits per heavy atom. The largest absolute Gasteiger partial charge is 0.486 e. The molecule has 0 aliphatic carbocycles. The Bertz CT molecular complexity index is 613. The molecule has 0 aromatic carbocycles. The first kappa shape index (κ1) is 15.0. The zero-order valence-electron chi connectivity index (χ0n) is 12.3. The van der Waals surface area contributed by atoms with E-state index < -0.39 is 0 Å². The highest BCUT2D eigenvalue weighted by Gasteiger charge is 2.29. The van der Waals surface area contributed by atoms with Gasteiger partial charge in [-0.3, -0.25) is 9.78 Å². The van der Waals surface area contributed by atoms with Gasteiger partial charge >= 0.3 is 0 Å². The van der Waals surface area contributed by atoms with Gasteiger partial charge in [-0.25, -0.2) is 0 Å². The quantitative estimate of drug-likeness (QED) is 0.940. The summed E-state index contributed by atoms with van der Waals surface area (Å²) >= 11 is 1.50. The highest BCUT2D eigenvalue weighted by atomic mass is 32.1. The van der Waals surface area contributed by atoms with E-state index in [-0.39, 0.29) is 18.1 Å². The average Bonchev–Trinajstić information content (AvgIpc) is 3.06. The molecule has 1 aliphatic heterocycles. The van der Waals surface area contributed by atoms with E-state index in [2.05, 4.69) is 10.3 Å². The number of rotatable bonds is 4. The Balaban J connectivity index is 1.65. The molecule has 5 nitrogen and oxygen atoms in total. The summed E-state index contributed by atoms with van der Waals surface area (Å²) in [5.74, 6) is 0.625. The van der Waals surface area contributed by atoms with Crippen LogP contribution in [0.15, 0.2) is 35.2 Å². The Labute approximate surface area is 133 Å². The van der Waals surface area contributed by atoms with Crippen molar-refractivity contribution in [2.45, 2.75) is 25.5 Å². The first-order valence-electron chi connectivity index (χ1n) is 7.22. The van der Waals surface area contributed by atoms with Gasteiger partial charge in [0.25, 0.3) is 5.91 Å². The second-order valence-electron chi connectivity index (χ2n) is 5.25. The first-order valence-corrected chi connectivity index (χ1v) is 8.17. The van der Waals surface area contributed by atoms with E-state index in [1.807, 2.05) is 35.9 Å². The van der Waals surface area contributed by atoms with Gasteiger partial charge in [-0.15, -0.1) is 0 Å². The smallest absolute Gasteiger partial charge is 0.252 e. The standard InChI is InChI=1S/C16H18N2O3S/c1-11-2-3-13(8-17-11)21-15-4-6-20-9-14(15)18-16(19)12-5-7-22-10-12/h2-3,5,7-8,10,14-15H,4,6,9H2,1H3,(H,18,19)/t14-,15+/m1/s1. The Morgan fingerprint density at radius 1 is 1.45 bits per heavy atom. The van der Waals surface area contributed by atoms with Gasteiger partial charge in [0.05, 0.1) is 25.5 Å². The minimum absolute atomic E-state index is 0.0904. The number of carbonyl (C=O) groups excluding carboxylic acids is 1. The summed E-state index contributed by atoms with van der Waals surface area (Å²) in [6.07, 6.45) is 2.34. The molecule has 1 N–H and O–H groups in total. The number of carbonyl (C=O) groups is 1. The van der Waals surface area contributed by atoms with Gasteiger partial charge in [0.2, 0.25) is 0 Å². The van der Waals surface area contributed by atoms with Gasteiger partial charge in [-0.1, -0.05) is 0 Å². The van der Waals surface area contributed by atoms with Crippen LogP contribution in [0.4, 0.5) is 0 Å². The predicted octanol–water partition coefficient (Wildman–Crippen LogP) is 2.42. The van der Waals surface area contributed by atoms with E-state index in [1.165, 1.54) is 11.3 Å². The summed E-state index contributed by atoms with van der Waals surface area (Å²) in [7, 11) is 0. The minimum atomic E-state index is -0.164. The maximum absolute atomic E-state index is 12.2. The fourth-order valence-corrected chi connectivity index (χ4v) is 2.97. The van der Waals surface area contributed by atoms with Crippen LogP contribution in [0.25, 0.3) is 0 Å². The maximum atomic E-state index is 12.2. The van der Waals surface area contributed by atoms with E-state index in [0.29, 0.717) is 24.5 Å². The molecule has 0 radical (unpaired) electrons. The SMILES string of the molecule is Cc1ccc(O[C@H]2CCOC[C@H]2NC(=O)c2ccsc2)cn1. The van der Waals surface area contributed by atoms with Crippen molar-refractivity contribution in [1.82, 2.24) is 10.3 Å². The lowest BCUT2D eigenvalue weighted by atomic mass is 10.1. The van der Waals surface area contributed by atoms with Crippen molar-refractivity contribution in [1.29, 1.82) is 0 Å². The molecule has 3 heterocycles. The number of aromatic nitrogens is 1. The van der Waals surface area contributed by atoms with Crippen LogP contribution in [0.5, 0.6) is 5.75 Å². The molecular formula is C16H18N2O3S. The number of aryl methyl sites for hydroxylation is 1. The van der Waals surface area contributed by atoms with Crippen molar-refractivity contribution < 1.29 is 14.3 Å². The van der Waals surface area contributed by atoms with Crippen LogP contribution in [-0.4, -0.2) is 36.3 Å². The van der Waals surface area contributed by atoms with Crippen molar-refractivity contribution in [2.24, 2.45) is 0 Å². The average molecular weight is 318 g/mol. The number of pyridine rings is 1. The number of hydrogen-bond donors (Lipinski definition) is 1. The van der Waals surface area contributed by atoms with Crippen LogP contribution < -0.4 is 10.1 Å². The van der Waals surface area contributed by atoms with Crippen molar-refractivity contribution in [3.63, 3.8) is 0 Å². The molecule has 3 rings (SSSR count). The third kappa shape index (κ3) is 3.64. The Morgan fingerprint density at radius 2 is 2.36 bits per heavy atom. The zero-order valence-corrected chi connectivity index (χ0v) is 13.1. The highest BCUT2D eigenvalue weighted by molar-refractivity contribution is 7.08. The first-order chi connectivity index (χ1) is 10.7. The van der Waals surface area contributed by atoms with E-state index >= 15 is 0 Å². The van der Waals surface area contributed by atoms with E-state index in [0.717, 1.165) is 12.1 Å². The molecule has 1 amide bonds. The van der Waals surface area contributed by atoms with Crippen molar-refractivity contribution in [3.05, 3.63) is 46.4 Å². The zero-order chi connectivity index (χ0) is 15.4. The molecule has 1 aliphatic rings.